The molecule has 2 aromatic rings. The van der Waals surface area contributed by atoms with Gasteiger partial charge in [0.2, 0.25) is 0 Å². The molecule has 4 nitrogen and oxygen atoms in total. The number of thiocarbonyl (C=S) groups is 1. The van der Waals surface area contributed by atoms with Gasteiger partial charge in [0.25, 0.3) is 0 Å². The van der Waals surface area contributed by atoms with Crippen molar-refractivity contribution in [3.8, 4) is 6.07 Å². The molecule has 2 aromatic carbocycles. The molecular weight excluding hydrogens is 386 g/mol. The third-order valence-corrected chi connectivity index (χ3v) is 7.38. The smallest absolute Gasteiger partial charge is 0.167 e. The molecule has 0 N–H and O–H groups in total. The van der Waals surface area contributed by atoms with E-state index < -0.39 is 16.2 Å². The molecule has 146 valence electrons. The van der Waals surface area contributed by atoms with E-state index in [0.717, 1.165) is 37.3 Å². The minimum Gasteiger partial charge on any atom is -0.353 e. The number of likely N-dealkylation sites (N-methyl/N-ethyl adjacent to an activating group) is 1. The average Bonchev–Trinajstić information content (AvgIpc) is 2.76. The van der Waals surface area contributed by atoms with Crippen molar-refractivity contribution in [1.82, 2.24) is 9.80 Å². The highest BCUT2D eigenvalue weighted by Gasteiger charge is 2.35. The first-order valence-electron chi connectivity index (χ1n) is 9.45. The minimum absolute atomic E-state index is 0.364. The van der Waals surface area contributed by atoms with Gasteiger partial charge >= 0.3 is 0 Å². The predicted octanol–water partition coefficient (Wildman–Crippen LogP) is 3.17. The van der Waals surface area contributed by atoms with Gasteiger partial charge in [0.1, 0.15) is 5.41 Å². The third-order valence-electron chi connectivity index (χ3n) is 5.34. The monoisotopic (exact) mass is 411 g/mol. The van der Waals surface area contributed by atoms with Gasteiger partial charge in [0.05, 0.1) is 16.9 Å². The first kappa shape index (κ1) is 20.7. The Morgan fingerprint density at radius 3 is 2.00 bits per heavy atom. The van der Waals surface area contributed by atoms with E-state index in [1.54, 1.807) is 0 Å². The van der Waals surface area contributed by atoms with Gasteiger partial charge in [-0.25, -0.2) is 0 Å². The maximum Gasteiger partial charge on any atom is 0.167 e. The van der Waals surface area contributed by atoms with E-state index in [-0.39, 0.29) is 0 Å². The lowest BCUT2D eigenvalue weighted by Crippen LogP contribution is -2.48. The molecule has 1 atom stereocenters. The van der Waals surface area contributed by atoms with Crippen LogP contribution in [0.15, 0.2) is 60.7 Å². The molecule has 0 spiro atoms. The molecule has 6 heteroatoms. The van der Waals surface area contributed by atoms with Crippen molar-refractivity contribution in [1.29, 1.82) is 5.26 Å². The molecule has 0 bridgehead atoms. The largest absolute Gasteiger partial charge is 0.353 e. The first-order chi connectivity index (χ1) is 13.6. The van der Waals surface area contributed by atoms with Crippen LogP contribution in [-0.4, -0.2) is 57.3 Å². The number of hydrogen-bond acceptors (Lipinski definition) is 4. The summed E-state index contributed by atoms with van der Waals surface area (Å²) < 4.78 is 13.5. The second-order valence-electron chi connectivity index (χ2n) is 7.11. The average molecular weight is 412 g/mol. The van der Waals surface area contributed by atoms with Gasteiger partial charge in [-0.1, -0.05) is 72.9 Å². The topological polar surface area (TPSA) is 47.3 Å². The number of nitriles is 1. The van der Waals surface area contributed by atoms with Crippen LogP contribution in [0.1, 0.15) is 17.5 Å². The number of benzene rings is 2. The summed E-state index contributed by atoms with van der Waals surface area (Å²) in [5, 5.41) is 10.2. The van der Waals surface area contributed by atoms with Crippen LogP contribution >= 0.6 is 12.2 Å². The summed E-state index contributed by atoms with van der Waals surface area (Å²) in [5.41, 5.74) is 1.01. The summed E-state index contributed by atoms with van der Waals surface area (Å²) in [5.74, 6) is 0.364. The van der Waals surface area contributed by atoms with Crippen molar-refractivity contribution >= 4 is 27.3 Å². The Bertz CT molecular complexity index is 817. The summed E-state index contributed by atoms with van der Waals surface area (Å²) in [6.07, 6.45) is 0.456. The van der Waals surface area contributed by atoms with Gasteiger partial charge in [-0.2, -0.15) is 5.26 Å². The second kappa shape index (κ2) is 9.42. The Hall–Kier alpha value is -2.07. The van der Waals surface area contributed by atoms with E-state index in [9.17, 15) is 9.47 Å². The SMILES string of the molecule is CN1CCN(C(=S)S(=O)CCC(C#N)(c2ccccc2)c2ccccc2)CC1. The van der Waals surface area contributed by atoms with E-state index in [4.69, 9.17) is 12.2 Å². The van der Waals surface area contributed by atoms with E-state index in [1.807, 2.05) is 65.6 Å². The normalized spacial score (nSPS) is 16.4. The molecule has 1 unspecified atom stereocenters. The second-order valence-corrected chi connectivity index (χ2v) is 9.24. The summed E-state index contributed by atoms with van der Waals surface area (Å²) in [7, 11) is 0.800. The zero-order valence-electron chi connectivity index (χ0n) is 16.1. The maximum absolute atomic E-state index is 13.0. The lowest BCUT2D eigenvalue weighted by molar-refractivity contribution is 0.219. The number of rotatable bonds is 5. The zero-order valence-corrected chi connectivity index (χ0v) is 17.7. The van der Waals surface area contributed by atoms with Crippen LogP contribution in [-0.2, 0) is 16.2 Å². The Kier molecular flexibility index (Phi) is 6.95. The molecule has 1 heterocycles. The van der Waals surface area contributed by atoms with Gasteiger partial charge < -0.3 is 9.80 Å². The Labute approximate surface area is 175 Å². The van der Waals surface area contributed by atoms with E-state index in [0.29, 0.717) is 16.5 Å². The summed E-state index contributed by atoms with van der Waals surface area (Å²) in [4.78, 5) is 4.29. The van der Waals surface area contributed by atoms with Crippen molar-refractivity contribution in [3.05, 3.63) is 71.8 Å². The maximum atomic E-state index is 13.0. The summed E-state index contributed by atoms with van der Waals surface area (Å²) >= 11 is 5.52. The van der Waals surface area contributed by atoms with Crippen molar-refractivity contribution < 1.29 is 4.21 Å². The quantitative estimate of drug-likeness (QED) is 0.708. The van der Waals surface area contributed by atoms with Gasteiger partial charge in [-0.3, -0.25) is 4.21 Å². The van der Waals surface area contributed by atoms with E-state index >= 15 is 0 Å². The van der Waals surface area contributed by atoms with Gasteiger partial charge in [-0.15, -0.1) is 0 Å². The van der Waals surface area contributed by atoms with E-state index in [2.05, 4.69) is 18.0 Å². The Morgan fingerprint density at radius 1 is 1.04 bits per heavy atom. The van der Waals surface area contributed by atoms with Crippen LogP contribution in [0.3, 0.4) is 0 Å². The minimum atomic E-state index is -1.28. The van der Waals surface area contributed by atoms with Gasteiger partial charge in [0.15, 0.2) is 4.32 Å². The fraction of sp³-hybridized carbons (Fsp3) is 0.364. The van der Waals surface area contributed by atoms with Gasteiger partial charge in [0, 0.05) is 31.9 Å². The van der Waals surface area contributed by atoms with Crippen molar-refractivity contribution in [3.63, 3.8) is 0 Å². The summed E-state index contributed by atoms with van der Waals surface area (Å²) in [6.45, 7) is 3.46. The molecule has 28 heavy (non-hydrogen) atoms. The molecule has 0 aliphatic carbocycles. The number of nitrogens with zero attached hydrogens (tertiary/aromatic N) is 3. The Morgan fingerprint density at radius 2 is 1.54 bits per heavy atom. The van der Waals surface area contributed by atoms with Gasteiger partial charge in [-0.05, 0) is 24.6 Å². The Balaban J connectivity index is 1.80. The zero-order chi connectivity index (χ0) is 20.0. The highest BCUT2D eigenvalue weighted by atomic mass is 32.2. The van der Waals surface area contributed by atoms with Crippen molar-refractivity contribution in [2.75, 3.05) is 39.0 Å². The first-order valence-corrected chi connectivity index (χ1v) is 11.2. The molecule has 1 aliphatic rings. The van der Waals surface area contributed by atoms with Crippen LogP contribution in [0.5, 0.6) is 0 Å². The fourth-order valence-electron chi connectivity index (χ4n) is 3.55. The highest BCUT2D eigenvalue weighted by molar-refractivity contribution is 8.13. The molecule has 0 saturated carbocycles. The van der Waals surface area contributed by atoms with Crippen LogP contribution in [0.4, 0.5) is 0 Å². The van der Waals surface area contributed by atoms with E-state index in [1.165, 1.54) is 0 Å². The lowest BCUT2D eigenvalue weighted by Gasteiger charge is -2.34. The van der Waals surface area contributed by atoms with Crippen LogP contribution in [0.2, 0.25) is 0 Å². The number of hydrogen-bond donors (Lipinski definition) is 0. The molecular formula is C22H25N3OS2. The molecule has 3 rings (SSSR count). The highest BCUT2D eigenvalue weighted by Crippen LogP contribution is 2.35. The van der Waals surface area contributed by atoms with Crippen LogP contribution < -0.4 is 0 Å². The summed E-state index contributed by atoms with van der Waals surface area (Å²) in [6, 6.07) is 22.1. The molecule has 1 aliphatic heterocycles. The van der Waals surface area contributed by atoms with Crippen molar-refractivity contribution in [2.24, 2.45) is 0 Å². The molecule has 0 radical (unpaired) electrons. The van der Waals surface area contributed by atoms with Crippen molar-refractivity contribution in [2.45, 2.75) is 11.8 Å². The van der Waals surface area contributed by atoms with Crippen LogP contribution in [0, 0.1) is 11.3 Å². The van der Waals surface area contributed by atoms with Crippen LogP contribution in [0.25, 0.3) is 0 Å². The molecule has 0 amide bonds. The molecule has 1 fully saturated rings. The lowest BCUT2D eigenvalue weighted by atomic mass is 9.74. The fourth-order valence-corrected chi connectivity index (χ4v) is 5.12. The molecule has 1 saturated heterocycles. The molecule has 0 aromatic heterocycles. The predicted molar refractivity (Wildman–Crippen MR) is 119 cm³/mol. The number of piperazine rings is 1. The standard InChI is InChI=1S/C22H25N3OS2/c1-24-13-15-25(16-14-24)21(27)28(26)17-12-22(18-23,19-8-4-2-5-9-19)20-10-6-3-7-11-20/h2-11H,12-17H2,1H3. The third kappa shape index (κ3) is 4.49.